The van der Waals surface area contributed by atoms with Crippen LogP contribution in [0.3, 0.4) is 0 Å². The molecular formula is C26H20FN5O5. The van der Waals surface area contributed by atoms with Crippen molar-refractivity contribution in [2.24, 2.45) is 0 Å². The van der Waals surface area contributed by atoms with E-state index in [2.05, 4.69) is 25.3 Å². The Bertz CT molecular complexity index is 1610. The van der Waals surface area contributed by atoms with Crippen molar-refractivity contribution in [1.82, 2.24) is 19.9 Å². The highest BCUT2D eigenvalue weighted by Crippen LogP contribution is 2.35. The SMILES string of the molecule is COc1cc2nccc(Oc3ccc(NC(=O)c4cnc(C)c(-c5ccoc5)n4)cc3F)c2nc1OC. The third kappa shape index (κ3) is 4.74. The molecule has 0 atom stereocenters. The van der Waals surface area contributed by atoms with E-state index in [1.54, 1.807) is 25.1 Å². The van der Waals surface area contributed by atoms with Crippen LogP contribution >= 0.6 is 0 Å². The number of halogens is 1. The van der Waals surface area contributed by atoms with Crippen molar-refractivity contribution in [3.05, 3.63) is 78.5 Å². The van der Waals surface area contributed by atoms with Gasteiger partial charge in [0.2, 0.25) is 0 Å². The lowest BCUT2D eigenvalue weighted by Crippen LogP contribution is -2.15. The largest absolute Gasteiger partial charge is 0.491 e. The predicted molar refractivity (Wildman–Crippen MR) is 132 cm³/mol. The maximum Gasteiger partial charge on any atom is 0.275 e. The van der Waals surface area contributed by atoms with Gasteiger partial charge in [-0.25, -0.2) is 14.4 Å². The average Bonchev–Trinajstić information content (AvgIpc) is 3.44. The molecule has 11 heteroatoms. The first-order valence-electron chi connectivity index (χ1n) is 11.0. The summed E-state index contributed by atoms with van der Waals surface area (Å²) in [5.41, 5.74) is 2.98. The maximum absolute atomic E-state index is 15.0. The van der Waals surface area contributed by atoms with Crippen LogP contribution in [0.4, 0.5) is 10.1 Å². The molecule has 10 nitrogen and oxygen atoms in total. The highest BCUT2D eigenvalue weighted by molar-refractivity contribution is 6.03. The molecule has 0 saturated heterocycles. The number of methoxy groups -OCH3 is 2. The molecule has 1 aromatic carbocycles. The van der Waals surface area contributed by atoms with E-state index in [1.807, 2.05) is 0 Å². The van der Waals surface area contributed by atoms with E-state index in [9.17, 15) is 9.18 Å². The Balaban J connectivity index is 1.37. The Hall–Kier alpha value is -5.06. The van der Waals surface area contributed by atoms with Crippen molar-refractivity contribution in [1.29, 1.82) is 0 Å². The zero-order chi connectivity index (χ0) is 25.9. The number of fused-ring (bicyclic) bond motifs is 1. The standard InChI is InChI=1S/C26H20FN5O5/c1-14-23(15-7-9-36-13-15)31-19(12-29-14)25(33)30-16-4-5-20(17(27)10-16)37-21-6-8-28-18-11-22(34-2)26(35-3)32-24(18)21/h4-13H,1-3H3,(H,30,33). The number of nitrogens with one attached hydrogen (secondary N) is 1. The molecule has 0 aliphatic carbocycles. The molecule has 5 rings (SSSR count). The second-order valence-electron chi connectivity index (χ2n) is 7.78. The van der Waals surface area contributed by atoms with Crippen LogP contribution in [0.5, 0.6) is 23.1 Å². The maximum atomic E-state index is 15.0. The van der Waals surface area contributed by atoms with Crippen LogP contribution in [0.15, 0.2) is 65.7 Å². The predicted octanol–water partition coefficient (Wildman–Crippen LogP) is 5.19. The molecule has 0 saturated carbocycles. The molecule has 0 radical (unpaired) electrons. The number of carbonyl (C=O) groups excluding carboxylic acids is 1. The number of nitrogens with zero attached hydrogens (tertiary/aromatic N) is 4. The summed E-state index contributed by atoms with van der Waals surface area (Å²) in [7, 11) is 2.95. The summed E-state index contributed by atoms with van der Waals surface area (Å²) in [4.78, 5) is 30.0. The number of amides is 1. The molecule has 4 heterocycles. The number of aromatic nitrogens is 4. The Morgan fingerprint density at radius 1 is 1.00 bits per heavy atom. The molecule has 0 unspecified atom stereocenters. The van der Waals surface area contributed by atoms with Crippen molar-refractivity contribution in [3.8, 4) is 34.4 Å². The van der Waals surface area contributed by atoms with E-state index in [0.717, 1.165) is 6.07 Å². The van der Waals surface area contributed by atoms with E-state index in [-0.39, 0.29) is 28.8 Å². The minimum Gasteiger partial charge on any atom is -0.491 e. The van der Waals surface area contributed by atoms with Gasteiger partial charge in [0.25, 0.3) is 11.8 Å². The minimum absolute atomic E-state index is 0.0699. The Kier molecular flexibility index (Phi) is 6.33. The van der Waals surface area contributed by atoms with E-state index in [0.29, 0.717) is 33.7 Å². The lowest BCUT2D eigenvalue weighted by Gasteiger charge is -2.12. The van der Waals surface area contributed by atoms with Crippen LogP contribution in [-0.4, -0.2) is 40.1 Å². The fourth-order valence-corrected chi connectivity index (χ4v) is 3.59. The normalized spacial score (nSPS) is 10.8. The Morgan fingerprint density at radius 2 is 1.86 bits per heavy atom. The topological polar surface area (TPSA) is 121 Å². The smallest absolute Gasteiger partial charge is 0.275 e. The lowest BCUT2D eigenvalue weighted by atomic mass is 10.2. The number of benzene rings is 1. The average molecular weight is 501 g/mol. The number of hydrogen-bond donors (Lipinski definition) is 1. The van der Waals surface area contributed by atoms with E-state index >= 15 is 0 Å². The molecule has 0 spiro atoms. The first-order valence-corrected chi connectivity index (χ1v) is 11.0. The molecular weight excluding hydrogens is 481 g/mol. The zero-order valence-corrected chi connectivity index (χ0v) is 20.0. The molecule has 186 valence electrons. The molecule has 0 aliphatic rings. The first kappa shape index (κ1) is 23.7. The van der Waals surface area contributed by atoms with Gasteiger partial charge in [0.15, 0.2) is 23.1 Å². The van der Waals surface area contributed by atoms with E-state index in [4.69, 9.17) is 18.6 Å². The number of ether oxygens (including phenoxy) is 3. The quantitative estimate of drug-likeness (QED) is 0.321. The van der Waals surface area contributed by atoms with Crippen LogP contribution in [-0.2, 0) is 0 Å². The highest BCUT2D eigenvalue weighted by atomic mass is 19.1. The Labute approximate surface area is 210 Å². The fraction of sp³-hybridized carbons (Fsp3) is 0.115. The van der Waals surface area contributed by atoms with Crippen molar-refractivity contribution in [3.63, 3.8) is 0 Å². The van der Waals surface area contributed by atoms with Crippen molar-refractivity contribution in [2.45, 2.75) is 6.92 Å². The van der Waals surface area contributed by atoms with Gasteiger partial charge in [-0.1, -0.05) is 0 Å². The molecule has 1 amide bonds. The third-order valence-corrected chi connectivity index (χ3v) is 5.41. The van der Waals surface area contributed by atoms with Gasteiger partial charge in [-0.3, -0.25) is 14.8 Å². The summed E-state index contributed by atoms with van der Waals surface area (Å²) in [5.74, 6) is -0.404. The number of hydrogen-bond acceptors (Lipinski definition) is 9. The number of furan rings is 1. The summed E-state index contributed by atoms with van der Waals surface area (Å²) in [5, 5.41) is 2.63. The van der Waals surface area contributed by atoms with Gasteiger partial charge >= 0.3 is 0 Å². The van der Waals surface area contributed by atoms with Crippen LogP contribution in [0, 0.1) is 12.7 Å². The summed E-state index contributed by atoms with van der Waals surface area (Å²) in [6.45, 7) is 1.78. The van der Waals surface area contributed by atoms with Gasteiger partial charge in [0.1, 0.15) is 11.2 Å². The summed E-state index contributed by atoms with van der Waals surface area (Å²) in [6.07, 6.45) is 5.89. The monoisotopic (exact) mass is 501 g/mol. The summed E-state index contributed by atoms with van der Waals surface area (Å²) >= 11 is 0. The van der Waals surface area contributed by atoms with Crippen molar-refractivity contribution < 1.29 is 27.8 Å². The van der Waals surface area contributed by atoms with Gasteiger partial charge < -0.3 is 23.9 Å². The molecule has 5 aromatic rings. The van der Waals surface area contributed by atoms with E-state index in [1.165, 1.54) is 51.3 Å². The third-order valence-electron chi connectivity index (χ3n) is 5.41. The van der Waals surface area contributed by atoms with Crippen LogP contribution in [0.2, 0.25) is 0 Å². The summed E-state index contributed by atoms with van der Waals surface area (Å²) in [6, 6.07) is 8.98. The summed E-state index contributed by atoms with van der Waals surface area (Å²) < 4.78 is 36.3. The van der Waals surface area contributed by atoms with Crippen LogP contribution in [0.25, 0.3) is 22.3 Å². The lowest BCUT2D eigenvalue weighted by molar-refractivity contribution is 0.102. The van der Waals surface area contributed by atoms with Gasteiger partial charge in [0, 0.05) is 35.6 Å². The van der Waals surface area contributed by atoms with E-state index < -0.39 is 11.7 Å². The molecule has 4 aromatic heterocycles. The van der Waals surface area contributed by atoms with Gasteiger partial charge in [-0.05, 0) is 25.1 Å². The minimum atomic E-state index is -0.697. The second-order valence-corrected chi connectivity index (χ2v) is 7.78. The van der Waals surface area contributed by atoms with Crippen LogP contribution in [0.1, 0.15) is 16.2 Å². The van der Waals surface area contributed by atoms with Gasteiger partial charge in [-0.15, -0.1) is 0 Å². The number of pyridine rings is 2. The highest BCUT2D eigenvalue weighted by Gasteiger charge is 2.17. The fourth-order valence-electron chi connectivity index (χ4n) is 3.59. The number of rotatable bonds is 7. The second kappa shape index (κ2) is 9.90. The number of carbonyl (C=O) groups is 1. The number of anilines is 1. The van der Waals surface area contributed by atoms with Crippen molar-refractivity contribution >= 4 is 22.6 Å². The molecule has 0 bridgehead atoms. The molecule has 0 aliphatic heterocycles. The molecule has 1 N–H and O–H groups in total. The van der Waals surface area contributed by atoms with Gasteiger partial charge in [-0.2, -0.15) is 0 Å². The first-order chi connectivity index (χ1) is 18.0. The Morgan fingerprint density at radius 3 is 2.59 bits per heavy atom. The number of aryl methyl sites for hydroxylation is 1. The van der Waals surface area contributed by atoms with Gasteiger partial charge in [0.05, 0.1) is 49.8 Å². The zero-order valence-electron chi connectivity index (χ0n) is 20.0. The molecule has 0 fully saturated rings. The van der Waals surface area contributed by atoms with Crippen molar-refractivity contribution in [2.75, 3.05) is 19.5 Å². The molecule has 37 heavy (non-hydrogen) atoms. The van der Waals surface area contributed by atoms with Crippen LogP contribution < -0.4 is 19.5 Å².